The lowest BCUT2D eigenvalue weighted by atomic mass is 9.81. The maximum atomic E-state index is 12.2. The van der Waals surface area contributed by atoms with E-state index in [4.69, 9.17) is 5.21 Å². The molecule has 0 spiro atoms. The van der Waals surface area contributed by atoms with Gasteiger partial charge in [0.15, 0.2) is 0 Å². The topological polar surface area (TPSA) is 52.9 Å². The average molecular weight is 218 g/mol. The number of para-hydroxylation sites is 1. The molecule has 0 radical (unpaired) electrons. The molecule has 1 unspecified atom stereocenters. The van der Waals surface area contributed by atoms with E-state index in [2.05, 4.69) is 5.16 Å². The zero-order chi connectivity index (χ0) is 11.8. The van der Waals surface area contributed by atoms with Gasteiger partial charge in [-0.2, -0.15) is 0 Å². The Hall–Kier alpha value is -1.84. The fourth-order valence-electron chi connectivity index (χ4n) is 2.25. The van der Waals surface area contributed by atoms with E-state index in [1.54, 1.807) is 11.9 Å². The van der Waals surface area contributed by atoms with Crippen LogP contribution in [0.25, 0.3) is 0 Å². The number of amides is 1. The minimum Gasteiger partial charge on any atom is -0.411 e. The second-order valence-electron chi connectivity index (χ2n) is 4.22. The predicted molar refractivity (Wildman–Crippen MR) is 62.1 cm³/mol. The Morgan fingerprint density at radius 1 is 1.50 bits per heavy atom. The van der Waals surface area contributed by atoms with Crippen LogP contribution in [-0.2, 0) is 10.2 Å². The number of anilines is 1. The molecule has 4 heteroatoms. The van der Waals surface area contributed by atoms with Crippen LogP contribution in [0.15, 0.2) is 29.4 Å². The molecule has 0 saturated carbocycles. The quantitative estimate of drug-likeness (QED) is 0.467. The van der Waals surface area contributed by atoms with Crippen LogP contribution in [0, 0.1) is 0 Å². The third kappa shape index (κ3) is 1.30. The van der Waals surface area contributed by atoms with E-state index < -0.39 is 5.41 Å². The van der Waals surface area contributed by atoms with Gasteiger partial charge in [-0.1, -0.05) is 18.2 Å². The zero-order valence-corrected chi connectivity index (χ0v) is 9.34. The highest BCUT2D eigenvalue weighted by Gasteiger charge is 2.44. The van der Waals surface area contributed by atoms with Crippen LogP contribution >= 0.6 is 0 Å². The summed E-state index contributed by atoms with van der Waals surface area (Å²) in [4.78, 5) is 13.8. The van der Waals surface area contributed by atoms with Gasteiger partial charge in [0.2, 0.25) is 5.91 Å². The van der Waals surface area contributed by atoms with Gasteiger partial charge in [-0.15, -0.1) is 5.16 Å². The normalized spacial score (nSPS) is 24.1. The van der Waals surface area contributed by atoms with E-state index in [1.807, 2.05) is 31.2 Å². The van der Waals surface area contributed by atoms with Crippen molar-refractivity contribution in [2.45, 2.75) is 18.8 Å². The number of rotatable bonds is 2. The Balaban J connectivity index is 2.51. The number of carbonyl (C=O) groups is 1. The first-order chi connectivity index (χ1) is 7.61. The van der Waals surface area contributed by atoms with Crippen LogP contribution in [0.5, 0.6) is 0 Å². The highest BCUT2D eigenvalue weighted by Crippen LogP contribution is 2.42. The number of likely N-dealkylation sites (N-methyl/N-ethyl adjacent to an activating group) is 1. The Kier molecular flexibility index (Phi) is 2.42. The maximum absolute atomic E-state index is 12.2. The van der Waals surface area contributed by atoms with Gasteiger partial charge < -0.3 is 10.1 Å². The molecule has 16 heavy (non-hydrogen) atoms. The lowest BCUT2D eigenvalue weighted by Gasteiger charge is -2.20. The molecule has 1 atom stereocenters. The van der Waals surface area contributed by atoms with Crippen molar-refractivity contribution < 1.29 is 10.0 Å². The molecule has 2 rings (SSSR count). The molecule has 0 fully saturated rings. The van der Waals surface area contributed by atoms with Gasteiger partial charge in [0.25, 0.3) is 0 Å². The molecule has 0 saturated heterocycles. The third-order valence-corrected chi connectivity index (χ3v) is 3.22. The Labute approximate surface area is 94.2 Å². The lowest BCUT2D eigenvalue weighted by Crippen LogP contribution is -2.36. The van der Waals surface area contributed by atoms with Crippen LogP contribution in [0.4, 0.5) is 5.69 Å². The molecule has 0 aliphatic carbocycles. The van der Waals surface area contributed by atoms with Gasteiger partial charge in [0.1, 0.15) is 0 Å². The molecule has 1 aliphatic rings. The van der Waals surface area contributed by atoms with Crippen LogP contribution in [0.3, 0.4) is 0 Å². The number of carbonyl (C=O) groups excluding carboxylic acids is 1. The molecule has 1 heterocycles. The lowest BCUT2D eigenvalue weighted by molar-refractivity contribution is -0.122. The SMILES string of the molecule is CN1C(=O)C(C)(CC=NO)c2ccccc21. The summed E-state index contributed by atoms with van der Waals surface area (Å²) in [6.45, 7) is 1.87. The van der Waals surface area contributed by atoms with Crippen molar-refractivity contribution in [2.24, 2.45) is 5.16 Å². The van der Waals surface area contributed by atoms with Gasteiger partial charge in [0, 0.05) is 25.4 Å². The first-order valence-electron chi connectivity index (χ1n) is 5.15. The monoisotopic (exact) mass is 218 g/mol. The molecule has 0 aromatic heterocycles. The van der Waals surface area contributed by atoms with Crippen molar-refractivity contribution in [2.75, 3.05) is 11.9 Å². The molecule has 1 N–H and O–H groups in total. The Morgan fingerprint density at radius 2 is 2.19 bits per heavy atom. The summed E-state index contributed by atoms with van der Waals surface area (Å²) in [7, 11) is 1.77. The van der Waals surface area contributed by atoms with Gasteiger partial charge >= 0.3 is 0 Å². The van der Waals surface area contributed by atoms with Crippen molar-refractivity contribution in [1.82, 2.24) is 0 Å². The summed E-state index contributed by atoms with van der Waals surface area (Å²) in [6.07, 6.45) is 1.78. The summed E-state index contributed by atoms with van der Waals surface area (Å²) in [5, 5.41) is 11.5. The predicted octanol–water partition coefficient (Wildman–Crippen LogP) is 1.77. The number of nitrogens with zero attached hydrogens (tertiary/aromatic N) is 2. The highest BCUT2D eigenvalue weighted by molar-refractivity contribution is 6.08. The summed E-state index contributed by atoms with van der Waals surface area (Å²) in [6, 6.07) is 7.70. The average Bonchev–Trinajstić information content (AvgIpc) is 2.51. The second-order valence-corrected chi connectivity index (χ2v) is 4.22. The van der Waals surface area contributed by atoms with Gasteiger partial charge in [0.05, 0.1) is 5.41 Å². The van der Waals surface area contributed by atoms with Crippen LogP contribution < -0.4 is 4.90 Å². The standard InChI is InChI=1S/C12H14N2O2/c1-12(7-8-13-16)9-5-3-4-6-10(9)14(2)11(12)15/h3-6,8,16H,7H2,1-2H3. The van der Waals surface area contributed by atoms with E-state index in [-0.39, 0.29) is 5.91 Å². The van der Waals surface area contributed by atoms with Crippen LogP contribution in [-0.4, -0.2) is 24.4 Å². The first kappa shape index (κ1) is 10.7. The number of hydrogen-bond donors (Lipinski definition) is 1. The van der Waals surface area contributed by atoms with E-state index in [1.165, 1.54) is 6.21 Å². The van der Waals surface area contributed by atoms with Crippen molar-refractivity contribution >= 4 is 17.8 Å². The van der Waals surface area contributed by atoms with Crippen LogP contribution in [0.2, 0.25) is 0 Å². The molecule has 1 aromatic carbocycles. The van der Waals surface area contributed by atoms with E-state index in [0.29, 0.717) is 6.42 Å². The van der Waals surface area contributed by atoms with E-state index in [9.17, 15) is 4.79 Å². The summed E-state index contributed by atoms with van der Waals surface area (Å²) >= 11 is 0. The molecule has 1 aliphatic heterocycles. The number of hydrogen-bond acceptors (Lipinski definition) is 3. The third-order valence-electron chi connectivity index (χ3n) is 3.22. The molecule has 4 nitrogen and oxygen atoms in total. The molecule has 0 bridgehead atoms. The summed E-state index contributed by atoms with van der Waals surface area (Å²) in [5.41, 5.74) is 1.31. The minimum atomic E-state index is -0.614. The summed E-state index contributed by atoms with van der Waals surface area (Å²) < 4.78 is 0. The van der Waals surface area contributed by atoms with Crippen molar-refractivity contribution in [1.29, 1.82) is 0 Å². The number of fused-ring (bicyclic) bond motifs is 1. The Bertz CT molecular complexity index is 456. The molecular weight excluding hydrogens is 204 g/mol. The largest absolute Gasteiger partial charge is 0.411 e. The Morgan fingerprint density at radius 3 is 2.88 bits per heavy atom. The fraction of sp³-hybridized carbons (Fsp3) is 0.333. The number of oxime groups is 1. The van der Waals surface area contributed by atoms with Gasteiger partial charge in [-0.05, 0) is 18.6 Å². The minimum absolute atomic E-state index is 0.0357. The molecule has 1 aromatic rings. The second kappa shape index (κ2) is 3.63. The van der Waals surface area contributed by atoms with Gasteiger partial charge in [-0.3, -0.25) is 4.79 Å². The zero-order valence-electron chi connectivity index (χ0n) is 9.34. The van der Waals surface area contributed by atoms with Crippen molar-refractivity contribution in [3.63, 3.8) is 0 Å². The van der Waals surface area contributed by atoms with Gasteiger partial charge in [-0.25, -0.2) is 0 Å². The molecule has 84 valence electrons. The number of benzene rings is 1. The van der Waals surface area contributed by atoms with E-state index >= 15 is 0 Å². The van der Waals surface area contributed by atoms with Crippen molar-refractivity contribution in [3.8, 4) is 0 Å². The van der Waals surface area contributed by atoms with Crippen LogP contribution in [0.1, 0.15) is 18.9 Å². The molecular formula is C12H14N2O2. The smallest absolute Gasteiger partial charge is 0.237 e. The van der Waals surface area contributed by atoms with E-state index in [0.717, 1.165) is 11.3 Å². The molecule has 1 amide bonds. The fourth-order valence-corrected chi connectivity index (χ4v) is 2.25. The maximum Gasteiger partial charge on any atom is 0.237 e. The summed E-state index contributed by atoms with van der Waals surface area (Å²) in [5.74, 6) is 0.0357. The van der Waals surface area contributed by atoms with Crippen molar-refractivity contribution in [3.05, 3.63) is 29.8 Å². The first-order valence-corrected chi connectivity index (χ1v) is 5.15. The highest BCUT2D eigenvalue weighted by atomic mass is 16.4.